The van der Waals surface area contributed by atoms with Crippen molar-refractivity contribution in [3.8, 4) is 5.75 Å². The minimum absolute atomic E-state index is 0.0873. The summed E-state index contributed by atoms with van der Waals surface area (Å²) >= 11 is 5.02. The van der Waals surface area contributed by atoms with Crippen LogP contribution in [0.3, 0.4) is 0 Å². The molecule has 0 bridgehead atoms. The molecule has 0 heterocycles. The Hall–Kier alpha value is -2.40. The average molecular weight is 300 g/mol. The molecule has 0 fully saturated rings. The van der Waals surface area contributed by atoms with E-state index >= 15 is 0 Å². The lowest BCUT2D eigenvalue weighted by Gasteiger charge is -2.18. The van der Waals surface area contributed by atoms with Crippen molar-refractivity contribution in [2.45, 2.75) is 6.04 Å². The smallest absolute Gasteiger partial charge is 0.258 e. The lowest BCUT2D eigenvalue weighted by molar-refractivity contribution is -0.123. The van der Waals surface area contributed by atoms with Crippen molar-refractivity contribution < 1.29 is 9.53 Å². The number of benzene rings is 2. The van der Waals surface area contributed by atoms with E-state index in [1.165, 1.54) is 0 Å². The van der Waals surface area contributed by atoms with Crippen LogP contribution in [0.5, 0.6) is 5.75 Å². The summed E-state index contributed by atoms with van der Waals surface area (Å²) in [5, 5.41) is 2.77. The molecule has 21 heavy (non-hydrogen) atoms. The van der Waals surface area contributed by atoms with E-state index in [2.05, 4.69) is 5.32 Å². The molecule has 0 aliphatic heterocycles. The quantitative estimate of drug-likeness (QED) is 0.803. The summed E-state index contributed by atoms with van der Waals surface area (Å²) in [6, 6.07) is 18.0. The summed E-state index contributed by atoms with van der Waals surface area (Å²) in [5.41, 5.74) is 6.55. The summed E-state index contributed by atoms with van der Waals surface area (Å²) < 4.78 is 5.39. The summed E-state index contributed by atoms with van der Waals surface area (Å²) in [6.07, 6.45) is 0. The maximum absolute atomic E-state index is 12.0. The van der Waals surface area contributed by atoms with Gasteiger partial charge in [0.25, 0.3) is 5.91 Å². The molecule has 0 aromatic heterocycles. The number of amides is 1. The molecule has 4 nitrogen and oxygen atoms in total. The molecule has 108 valence electrons. The lowest BCUT2D eigenvalue weighted by Crippen LogP contribution is -2.38. The van der Waals surface area contributed by atoms with Crippen molar-refractivity contribution in [3.05, 3.63) is 66.2 Å². The van der Waals surface area contributed by atoms with Crippen LogP contribution >= 0.6 is 12.2 Å². The minimum atomic E-state index is -0.493. The zero-order chi connectivity index (χ0) is 15.1. The molecule has 1 atom stereocenters. The zero-order valence-electron chi connectivity index (χ0n) is 11.4. The first-order valence-corrected chi connectivity index (χ1v) is 6.89. The molecule has 0 saturated carbocycles. The zero-order valence-corrected chi connectivity index (χ0v) is 12.2. The molecular formula is C16H16N2O2S. The molecule has 0 saturated heterocycles. The van der Waals surface area contributed by atoms with Crippen molar-refractivity contribution in [1.82, 2.24) is 5.32 Å². The number of para-hydroxylation sites is 1. The van der Waals surface area contributed by atoms with Crippen molar-refractivity contribution in [1.29, 1.82) is 0 Å². The van der Waals surface area contributed by atoms with Gasteiger partial charge >= 0.3 is 0 Å². The van der Waals surface area contributed by atoms with Crippen molar-refractivity contribution in [2.24, 2.45) is 5.73 Å². The van der Waals surface area contributed by atoms with Gasteiger partial charge in [0.05, 0.1) is 0 Å². The van der Waals surface area contributed by atoms with Gasteiger partial charge in [-0.15, -0.1) is 0 Å². The Bertz CT molecular complexity index is 602. The van der Waals surface area contributed by atoms with Crippen LogP contribution in [0.25, 0.3) is 0 Å². The molecule has 2 rings (SSSR count). The van der Waals surface area contributed by atoms with E-state index in [0.717, 1.165) is 5.56 Å². The monoisotopic (exact) mass is 300 g/mol. The largest absolute Gasteiger partial charge is 0.484 e. The van der Waals surface area contributed by atoms with Gasteiger partial charge in [0.1, 0.15) is 16.8 Å². The molecule has 0 aliphatic carbocycles. The van der Waals surface area contributed by atoms with Crippen LogP contribution in [-0.2, 0) is 4.79 Å². The number of nitrogens with one attached hydrogen (secondary N) is 1. The SMILES string of the molecule is NC(=S)C(NC(=O)COc1ccccc1)c1ccccc1. The maximum atomic E-state index is 12.0. The standard InChI is InChI=1S/C16H16N2O2S/c17-16(21)15(12-7-3-1-4-8-12)18-14(19)11-20-13-9-5-2-6-10-13/h1-10,15H,11H2,(H2,17,21)(H,18,19). The van der Waals surface area contributed by atoms with E-state index in [1.807, 2.05) is 48.5 Å². The molecule has 0 radical (unpaired) electrons. The first-order chi connectivity index (χ1) is 10.2. The van der Waals surface area contributed by atoms with Gasteiger partial charge in [-0.25, -0.2) is 0 Å². The van der Waals surface area contributed by atoms with Crippen molar-refractivity contribution in [3.63, 3.8) is 0 Å². The first-order valence-electron chi connectivity index (χ1n) is 6.48. The highest BCUT2D eigenvalue weighted by molar-refractivity contribution is 7.80. The van der Waals surface area contributed by atoms with Crippen LogP contribution in [0.1, 0.15) is 11.6 Å². The van der Waals surface area contributed by atoms with Gasteiger partial charge in [-0.05, 0) is 17.7 Å². The van der Waals surface area contributed by atoms with Gasteiger partial charge in [0.2, 0.25) is 0 Å². The van der Waals surface area contributed by atoms with E-state index < -0.39 is 6.04 Å². The van der Waals surface area contributed by atoms with E-state index in [-0.39, 0.29) is 17.5 Å². The highest BCUT2D eigenvalue weighted by Crippen LogP contribution is 2.13. The second kappa shape index (κ2) is 7.40. The highest BCUT2D eigenvalue weighted by Gasteiger charge is 2.17. The number of nitrogens with two attached hydrogens (primary N) is 1. The van der Waals surface area contributed by atoms with Crippen LogP contribution in [0.2, 0.25) is 0 Å². The summed E-state index contributed by atoms with van der Waals surface area (Å²) in [4.78, 5) is 12.2. The van der Waals surface area contributed by atoms with Crippen molar-refractivity contribution in [2.75, 3.05) is 6.61 Å². The molecule has 1 unspecified atom stereocenters. The molecule has 3 N–H and O–H groups in total. The Morgan fingerprint density at radius 3 is 2.24 bits per heavy atom. The van der Waals surface area contributed by atoms with Gasteiger partial charge in [0, 0.05) is 0 Å². The molecule has 0 aliphatic rings. The van der Waals surface area contributed by atoms with E-state index in [4.69, 9.17) is 22.7 Å². The first kappa shape index (κ1) is 15.0. The normalized spacial score (nSPS) is 11.4. The maximum Gasteiger partial charge on any atom is 0.258 e. The van der Waals surface area contributed by atoms with Gasteiger partial charge in [-0.2, -0.15) is 0 Å². The number of hydrogen-bond acceptors (Lipinski definition) is 3. The second-order valence-corrected chi connectivity index (χ2v) is 4.89. The van der Waals surface area contributed by atoms with Gasteiger partial charge in [-0.3, -0.25) is 4.79 Å². The van der Waals surface area contributed by atoms with Gasteiger partial charge in [-0.1, -0.05) is 60.7 Å². The Morgan fingerprint density at radius 1 is 1.10 bits per heavy atom. The number of carbonyl (C=O) groups is 1. The number of rotatable bonds is 6. The molecular weight excluding hydrogens is 284 g/mol. The third-order valence-electron chi connectivity index (χ3n) is 2.84. The molecule has 0 spiro atoms. The van der Waals surface area contributed by atoms with E-state index in [0.29, 0.717) is 5.75 Å². The Kier molecular flexibility index (Phi) is 5.29. The summed E-state index contributed by atoms with van der Waals surface area (Å²) in [6.45, 7) is -0.0873. The van der Waals surface area contributed by atoms with E-state index in [9.17, 15) is 4.79 Å². The number of ether oxygens (including phenoxy) is 1. The van der Waals surface area contributed by atoms with Gasteiger partial charge < -0.3 is 15.8 Å². The minimum Gasteiger partial charge on any atom is -0.484 e. The fraction of sp³-hybridized carbons (Fsp3) is 0.125. The summed E-state index contributed by atoms with van der Waals surface area (Å²) in [7, 11) is 0. The predicted octanol–water partition coefficient (Wildman–Crippen LogP) is 2.21. The second-order valence-electron chi connectivity index (χ2n) is 4.42. The topological polar surface area (TPSA) is 64.3 Å². The molecule has 2 aromatic carbocycles. The van der Waals surface area contributed by atoms with Crippen LogP contribution in [0.15, 0.2) is 60.7 Å². The number of thiocarbonyl (C=S) groups is 1. The Balaban J connectivity index is 1.95. The number of carbonyl (C=O) groups excluding carboxylic acids is 1. The van der Waals surface area contributed by atoms with Crippen LogP contribution in [0, 0.1) is 0 Å². The van der Waals surface area contributed by atoms with E-state index in [1.54, 1.807) is 12.1 Å². The molecule has 1 amide bonds. The predicted molar refractivity (Wildman–Crippen MR) is 86.0 cm³/mol. The Labute approximate surface area is 128 Å². The van der Waals surface area contributed by atoms with Crippen molar-refractivity contribution >= 4 is 23.1 Å². The average Bonchev–Trinajstić information content (AvgIpc) is 2.52. The van der Waals surface area contributed by atoms with Crippen LogP contribution < -0.4 is 15.8 Å². The number of hydrogen-bond donors (Lipinski definition) is 2. The molecule has 5 heteroatoms. The molecule has 2 aromatic rings. The van der Waals surface area contributed by atoms with Crippen LogP contribution in [0.4, 0.5) is 0 Å². The fourth-order valence-electron chi connectivity index (χ4n) is 1.83. The Morgan fingerprint density at radius 2 is 1.67 bits per heavy atom. The highest BCUT2D eigenvalue weighted by atomic mass is 32.1. The van der Waals surface area contributed by atoms with Gasteiger partial charge in [0.15, 0.2) is 6.61 Å². The fourth-order valence-corrected chi connectivity index (χ4v) is 2.03. The van der Waals surface area contributed by atoms with Crippen LogP contribution in [-0.4, -0.2) is 17.5 Å². The lowest BCUT2D eigenvalue weighted by atomic mass is 10.1. The third-order valence-corrected chi connectivity index (χ3v) is 3.07. The third kappa shape index (κ3) is 4.57. The summed E-state index contributed by atoms with van der Waals surface area (Å²) in [5.74, 6) is 0.361.